The van der Waals surface area contributed by atoms with Crippen LogP contribution >= 0.6 is 0 Å². The molecular weight excluding hydrogens is 1120 g/mol. The maximum atomic E-state index is 15.2. The molecule has 24 heteroatoms. The fourth-order valence-electron chi connectivity index (χ4n) is 11.3. The van der Waals surface area contributed by atoms with Crippen molar-refractivity contribution < 1.29 is 57.8 Å². The van der Waals surface area contributed by atoms with Crippen LogP contribution in [0.15, 0.2) is 12.2 Å². The van der Waals surface area contributed by atoms with Crippen LogP contribution in [0.4, 0.5) is 0 Å². The number of allylic oxidation sites excluding steroid dienone is 2. The van der Waals surface area contributed by atoms with E-state index in [9.17, 15) is 48.3 Å². The SMILES string of the molecule is CC=CC[C@@H](C)[C@@H](O)[C@H]1C(=O)N[C@@H](CC)C(=O)N(C)[C@H](CCN)C(=O)N(C)[C@@H](C(C)C)C(=O)N[C@@H](C(C)C)C(=O)N(C)[C@@H](CC(C)C)C(=O)N[C@@H](C)C(=O)N[C@H](C)C(=O)N(C)[C@@H](CC(C)C)C(=O)N(C)[C@@H](CC(C)C)C(=O)N(C)[C@@H](C(C)C)C(=O)N1C. The van der Waals surface area contributed by atoms with Gasteiger partial charge in [-0.05, 0) is 107 Å². The van der Waals surface area contributed by atoms with E-state index in [1.54, 1.807) is 74.5 Å². The maximum Gasteiger partial charge on any atom is 0.246 e. The van der Waals surface area contributed by atoms with E-state index in [1.165, 1.54) is 87.7 Å². The average molecular weight is 1230 g/mol. The minimum atomic E-state index is -1.64. The summed E-state index contributed by atoms with van der Waals surface area (Å²) < 4.78 is 0. The van der Waals surface area contributed by atoms with Gasteiger partial charge in [-0.3, -0.25) is 52.7 Å². The summed E-state index contributed by atoms with van der Waals surface area (Å²) in [7, 11) is 9.89. The summed E-state index contributed by atoms with van der Waals surface area (Å²) in [4.78, 5) is 170. The van der Waals surface area contributed by atoms with Crippen molar-refractivity contribution in [3.05, 3.63) is 12.2 Å². The summed E-state index contributed by atoms with van der Waals surface area (Å²) in [6, 6.07) is -13.9. The van der Waals surface area contributed by atoms with Crippen LogP contribution in [0, 0.1) is 41.4 Å². The number of rotatable bonds is 16. The van der Waals surface area contributed by atoms with Crippen LogP contribution in [-0.4, -0.2) is 233 Å². The Kier molecular flexibility index (Phi) is 32.4. The fourth-order valence-corrected chi connectivity index (χ4v) is 11.3. The van der Waals surface area contributed by atoms with Gasteiger partial charge in [-0.1, -0.05) is 109 Å². The number of aliphatic hydroxyl groups excluding tert-OH is 1. The number of carbonyl (C=O) groups is 11. The highest BCUT2D eigenvalue weighted by Gasteiger charge is 2.46. The van der Waals surface area contributed by atoms with Gasteiger partial charge in [0.1, 0.15) is 66.5 Å². The first-order valence-corrected chi connectivity index (χ1v) is 31.3. The molecule has 0 aromatic rings. The summed E-state index contributed by atoms with van der Waals surface area (Å²) in [6.07, 6.45) is 2.71. The number of hydrogen-bond acceptors (Lipinski definition) is 13. The lowest BCUT2D eigenvalue weighted by molar-refractivity contribution is -0.157. The third kappa shape index (κ3) is 21.3. The van der Waals surface area contributed by atoms with Crippen molar-refractivity contribution >= 4 is 65.0 Å². The van der Waals surface area contributed by atoms with Gasteiger partial charge in [0.25, 0.3) is 0 Å². The van der Waals surface area contributed by atoms with Crippen molar-refractivity contribution in [3.8, 4) is 0 Å². The summed E-state index contributed by atoms with van der Waals surface area (Å²) in [5, 5.41) is 23.2. The smallest absolute Gasteiger partial charge is 0.246 e. The van der Waals surface area contributed by atoms with Crippen LogP contribution in [0.25, 0.3) is 0 Å². The lowest BCUT2D eigenvalue weighted by Gasteiger charge is -2.41. The molecule has 87 heavy (non-hydrogen) atoms. The second-order valence-electron chi connectivity index (χ2n) is 26.4. The van der Waals surface area contributed by atoms with Crippen molar-refractivity contribution in [2.24, 2.45) is 47.2 Å². The van der Waals surface area contributed by atoms with Crippen LogP contribution in [0.3, 0.4) is 0 Å². The molecule has 0 aromatic carbocycles. The number of nitrogens with zero attached hydrogens (tertiary/aromatic N) is 7. The average Bonchev–Trinajstić information content (AvgIpc) is 1.17. The van der Waals surface area contributed by atoms with Gasteiger partial charge in [0.05, 0.1) is 6.10 Å². The quantitative estimate of drug-likeness (QED) is 0.121. The Hall–Kier alpha value is -6.17. The first-order chi connectivity index (χ1) is 40.2. The zero-order valence-electron chi connectivity index (χ0n) is 57.2. The van der Waals surface area contributed by atoms with Crippen LogP contribution in [0.2, 0.25) is 0 Å². The van der Waals surface area contributed by atoms with Gasteiger partial charge < -0.3 is 66.4 Å². The van der Waals surface area contributed by atoms with Crippen molar-refractivity contribution in [3.63, 3.8) is 0 Å². The second-order valence-corrected chi connectivity index (χ2v) is 26.4. The summed E-state index contributed by atoms with van der Waals surface area (Å²) in [5.74, 6) is -10.4. The van der Waals surface area contributed by atoms with Gasteiger partial charge in [0.2, 0.25) is 65.0 Å². The molecule has 0 radical (unpaired) electrons. The van der Waals surface area contributed by atoms with Gasteiger partial charge in [0.15, 0.2) is 0 Å². The summed E-state index contributed by atoms with van der Waals surface area (Å²) in [5.41, 5.74) is 6.10. The zero-order valence-corrected chi connectivity index (χ0v) is 57.2. The van der Waals surface area contributed by atoms with Crippen molar-refractivity contribution in [1.29, 1.82) is 0 Å². The molecule has 7 N–H and O–H groups in total. The molecule has 24 nitrogen and oxygen atoms in total. The molecule has 0 bridgehead atoms. The molecule has 0 saturated carbocycles. The Morgan fingerprint density at radius 2 is 0.851 bits per heavy atom. The molecule has 0 aromatic heterocycles. The Morgan fingerprint density at radius 3 is 1.30 bits per heavy atom. The van der Waals surface area contributed by atoms with E-state index in [-0.39, 0.29) is 56.4 Å². The van der Waals surface area contributed by atoms with Gasteiger partial charge >= 0.3 is 0 Å². The standard InChI is InChI=1S/C63H114N12O12/c1-25-27-28-40(15)52(76)51-56(80)67-43(26-2)58(82)69(18)44(29-30-64)59(83)73(22)49(38(11)12)55(79)68-48(37(9)10)62(86)70(19)45(31-34(3)4)54(78)65-41(16)53(77)66-42(17)57(81)71(20)46(32-35(5)6)60(84)72(21)47(33-36(7)8)61(85)74(23)50(39(13)14)63(87)75(51)24/h25,27,34-52,76H,26,28-33,64H2,1-24H3,(H,65,78)(H,66,77)(H,67,80)(H,68,79)/t40-,41+,42-,43+,44-,45+,46+,47+,48+,49+,50+,51+,52-/m1/s1. The van der Waals surface area contributed by atoms with E-state index in [1.807, 2.05) is 41.5 Å². The molecule has 11 amide bonds. The van der Waals surface area contributed by atoms with Gasteiger partial charge in [-0.2, -0.15) is 0 Å². The van der Waals surface area contributed by atoms with Gasteiger partial charge in [-0.15, -0.1) is 0 Å². The number of nitrogens with two attached hydrogens (primary N) is 1. The van der Waals surface area contributed by atoms with Crippen molar-refractivity contribution in [2.75, 3.05) is 55.9 Å². The second kappa shape index (κ2) is 35.7. The number of hydrogen-bond donors (Lipinski definition) is 6. The summed E-state index contributed by atoms with van der Waals surface area (Å²) in [6.45, 7) is 29.4. The first-order valence-electron chi connectivity index (χ1n) is 31.3. The maximum absolute atomic E-state index is 15.2. The highest BCUT2D eigenvalue weighted by atomic mass is 16.3. The number of nitrogens with one attached hydrogen (secondary N) is 4. The highest BCUT2D eigenvalue weighted by Crippen LogP contribution is 2.26. The number of aliphatic hydroxyl groups is 1. The molecule has 1 fully saturated rings. The molecular formula is C63H114N12O12. The molecule has 1 saturated heterocycles. The van der Waals surface area contributed by atoms with Crippen LogP contribution in [0.1, 0.15) is 156 Å². The van der Waals surface area contributed by atoms with Gasteiger partial charge in [0, 0.05) is 49.3 Å². The van der Waals surface area contributed by atoms with E-state index in [4.69, 9.17) is 5.73 Å². The monoisotopic (exact) mass is 1230 g/mol. The van der Waals surface area contributed by atoms with E-state index in [0.717, 1.165) is 9.80 Å². The molecule has 13 atom stereocenters. The predicted octanol–water partition coefficient (Wildman–Crippen LogP) is 2.60. The molecule has 1 heterocycles. The Labute approximate surface area is 520 Å². The predicted molar refractivity (Wildman–Crippen MR) is 336 cm³/mol. The number of likely N-dealkylation sites (N-methyl/N-ethyl adjacent to an activating group) is 7. The van der Waals surface area contributed by atoms with E-state index < -0.39 is 161 Å². The zero-order chi connectivity index (χ0) is 67.6. The lowest BCUT2D eigenvalue weighted by Crippen LogP contribution is -2.64. The molecule has 1 aliphatic rings. The molecule has 0 spiro atoms. The Bertz CT molecular complexity index is 2380. The topological polar surface area (TPSA) is 305 Å². The fraction of sp³-hybridized carbons (Fsp3) is 0.794. The third-order valence-electron chi connectivity index (χ3n) is 16.7. The molecule has 1 rings (SSSR count). The number of amides is 11. The van der Waals surface area contributed by atoms with Gasteiger partial charge in [-0.25, -0.2) is 0 Å². The van der Waals surface area contributed by atoms with E-state index >= 15 is 9.59 Å². The highest BCUT2D eigenvalue weighted by molar-refractivity contribution is 6.00. The Morgan fingerprint density at radius 1 is 0.448 bits per heavy atom. The van der Waals surface area contributed by atoms with Crippen LogP contribution in [-0.2, 0) is 52.7 Å². The largest absolute Gasteiger partial charge is 0.390 e. The van der Waals surface area contributed by atoms with E-state index in [2.05, 4.69) is 21.3 Å². The molecule has 0 unspecified atom stereocenters. The normalized spacial score (nSPS) is 27.4. The summed E-state index contributed by atoms with van der Waals surface area (Å²) >= 11 is 0. The Balaban J connectivity index is 4.43. The molecule has 498 valence electrons. The van der Waals surface area contributed by atoms with Crippen molar-refractivity contribution in [2.45, 2.75) is 229 Å². The van der Waals surface area contributed by atoms with Crippen LogP contribution in [0.5, 0.6) is 0 Å². The van der Waals surface area contributed by atoms with Crippen LogP contribution < -0.4 is 27.0 Å². The third-order valence-corrected chi connectivity index (χ3v) is 16.7. The van der Waals surface area contributed by atoms with Crippen molar-refractivity contribution in [1.82, 2.24) is 55.6 Å². The molecule has 0 aliphatic carbocycles. The minimum absolute atomic E-state index is 0.0109. The minimum Gasteiger partial charge on any atom is -0.390 e. The van der Waals surface area contributed by atoms with E-state index in [0.29, 0.717) is 6.42 Å². The number of carbonyl (C=O) groups excluding carboxylic acids is 11. The molecule has 1 aliphatic heterocycles. The first kappa shape index (κ1) is 78.8. The lowest BCUT2D eigenvalue weighted by atomic mass is 9.91.